The van der Waals surface area contributed by atoms with Crippen molar-refractivity contribution in [2.24, 2.45) is 0 Å². The Labute approximate surface area is 419 Å². The zero-order valence-corrected chi connectivity index (χ0v) is 42.5. The van der Waals surface area contributed by atoms with Gasteiger partial charge in [0.25, 0.3) is 0 Å². The van der Waals surface area contributed by atoms with Gasteiger partial charge in [-0.25, -0.2) is 0 Å². The molecular formula is C63H60B2N2O4. The monoisotopic (exact) mass is 930 g/mol. The number of fused-ring (bicyclic) bond motifs is 6. The van der Waals surface area contributed by atoms with E-state index in [1.165, 1.54) is 44.2 Å². The van der Waals surface area contributed by atoms with E-state index in [9.17, 15) is 0 Å². The maximum atomic E-state index is 6.71. The van der Waals surface area contributed by atoms with Crippen molar-refractivity contribution in [1.82, 2.24) is 4.57 Å². The van der Waals surface area contributed by atoms with Gasteiger partial charge in [-0.2, -0.15) is 0 Å². The molecule has 0 unspecified atom stereocenters. The summed E-state index contributed by atoms with van der Waals surface area (Å²) in [5, 5.41) is 2.35. The van der Waals surface area contributed by atoms with Crippen LogP contribution in [-0.2, 0) is 24.0 Å². The van der Waals surface area contributed by atoms with Gasteiger partial charge in [-0.05, 0) is 171 Å². The van der Waals surface area contributed by atoms with Crippen LogP contribution in [0.1, 0.15) is 80.4 Å². The molecule has 0 spiro atoms. The van der Waals surface area contributed by atoms with E-state index < -0.39 is 36.6 Å². The Hall–Kier alpha value is -6.67. The first-order chi connectivity index (χ1) is 33.9. The number of anilines is 3. The SMILES string of the molecule is CC1(C)c2ccccc2-c2ccc(N(c3ccc(-c4ccccc4)cc3)c3ccc(-c4ccc5c6ccccc6n(-c6cc(B7OC(C)(C)C(C)(C)O7)cc(B7OC(C)(C)C(C)(C)O7)c6)c5c4)cc3)cc21. The van der Waals surface area contributed by atoms with Gasteiger partial charge in [-0.1, -0.05) is 135 Å². The third kappa shape index (κ3) is 7.41. The highest BCUT2D eigenvalue weighted by atomic mass is 16.7. The summed E-state index contributed by atoms with van der Waals surface area (Å²) >= 11 is 0. The van der Waals surface area contributed by atoms with Gasteiger partial charge in [0.2, 0.25) is 0 Å². The van der Waals surface area contributed by atoms with Crippen molar-refractivity contribution in [3.8, 4) is 39.1 Å². The summed E-state index contributed by atoms with van der Waals surface area (Å²) in [6.07, 6.45) is 0. The molecule has 3 heterocycles. The van der Waals surface area contributed by atoms with Crippen LogP contribution in [0.5, 0.6) is 0 Å². The average molecular weight is 931 g/mol. The molecule has 3 aliphatic rings. The topological polar surface area (TPSA) is 45.1 Å². The van der Waals surface area contributed by atoms with Gasteiger partial charge >= 0.3 is 14.2 Å². The molecule has 8 heteroatoms. The van der Waals surface area contributed by atoms with Gasteiger partial charge in [-0.15, -0.1) is 0 Å². The van der Waals surface area contributed by atoms with Crippen LogP contribution in [0.25, 0.3) is 60.9 Å². The number of para-hydroxylation sites is 1. The summed E-state index contributed by atoms with van der Waals surface area (Å²) < 4.78 is 29.2. The van der Waals surface area contributed by atoms with Gasteiger partial charge in [-0.3, -0.25) is 0 Å². The summed E-state index contributed by atoms with van der Waals surface area (Å²) in [5.41, 5.74) is 16.1. The van der Waals surface area contributed by atoms with E-state index in [0.29, 0.717) is 0 Å². The maximum Gasteiger partial charge on any atom is 0.494 e. The molecule has 9 aromatic rings. The summed E-state index contributed by atoms with van der Waals surface area (Å²) in [7, 11) is -1.16. The van der Waals surface area contributed by atoms with Gasteiger partial charge in [0.05, 0.1) is 33.4 Å². The summed E-state index contributed by atoms with van der Waals surface area (Å²) in [6.45, 7) is 21.5. The number of aromatic nitrogens is 1. The Bertz CT molecular complexity index is 3450. The van der Waals surface area contributed by atoms with E-state index in [0.717, 1.165) is 55.8 Å². The first-order valence-electron chi connectivity index (χ1n) is 25.1. The average Bonchev–Trinajstić information content (AvgIpc) is 3.98. The van der Waals surface area contributed by atoms with E-state index in [-0.39, 0.29) is 5.41 Å². The van der Waals surface area contributed by atoms with Crippen LogP contribution in [0.2, 0.25) is 0 Å². The fourth-order valence-electron chi connectivity index (χ4n) is 11.0. The molecule has 12 rings (SSSR count). The van der Waals surface area contributed by atoms with E-state index in [1.54, 1.807) is 0 Å². The first-order valence-corrected chi connectivity index (χ1v) is 25.1. The van der Waals surface area contributed by atoms with Crippen molar-refractivity contribution in [3.05, 3.63) is 193 Å². The molecule has 0 N–H and O–H groups in total. The summed E-state index contributed by atoms with van der Waals surface area (Å²) in [4.78, 5) is 2.39. The minimum absolute atomic E-state index is 0.129. The predicted octanol–water partition coefficient (Wildman–Crippen LogP) is 14.5. The second-order valence-electron chi connectivity index (χ2n) is 22.3. The lowest BCUT2D eigenvalue weighted by Crippen LogP contribution is -2.41. The van der Waals surface area contributed by atoms with Gasteiger partial charge in [0.1, 0.15) is 0 Å². The highest BCUT2D eigenvalue weighted by molar-refractivity contribution is 6.66. The van der Waals surface area contributed by atoms with Gasteiger partial charge in [0.15, 0.2) is 0 Å². The number of rotatable bonds is 8. The number of nitrogens with zero attached hydrogens (tertiary/aromatic N) is 2. The molecule has 71 heavy (non-hydrogen) atoms. The number of benzene rings is 8. The third-order valence-electron chi connectivity index (χ3n) is 16.5. The van der Waals surface area contributed by atoms with Crippen molar-refractivity contribution in [2.45, 2.75) is 97.1 Å². The van der Waals surface area contributed by atoms with Crippen LogP contribution in [0.15, 0.2) is 182 Å². The fraction of sp³-hybridized carbons (Fsp3) is 0.238. The minimum Gasteiger partial charge on any atom is -0.399 e. The largest absolute Gasteiger partial charge is 0.494 e. The van der Waals surface area contributed by atoms with E-state index in [4.69, 9.17) is 18.6 Å². The van der Waals surface area contributed by atoms with E-state index in [2.05, 4.69) is 261 Å². The van der Waals surface area contributed by atoms with Crippen LogP contribution < -0.4 is 15.8 Å². The Kier molecular flexibility index (Phi) is 10.4. The lowest BCUT2D eigenvalue weighted by molar-refractivity contribution is 0.00578. The summed E-state index contributed by atoms with van der Waals surface area (Å²) in [6, 6.07) is 66.5. The molecule has 2 fully saturated rings. The Morgan fingerprint density at radius 3 is 1.44 bits per heavy atom. The normalized spacial score (nSPS) is 18.0. The fourth-order valence-corrected chi connectivity index (χ4v) is 11.0. The van der Waals surface area contributed by atoms with Crippen LogP contribution in [0.3, 0.4) is 0 Å². The Balaban J connectivity index is 0.964. The molecule has 0 bridgehead atoms. The third-order valence-corrected chi connectivity index (χ3v) is 16.5. The second-order valence-corrected chi connectivity index (χ2v) is 22.3. The molecule has 0 atom stereocenters. The molecule has 6 nitrogen and oxygen atoms in total. The molecule has 2 aliphatic heterocycles. The molecule has 1 aliphatic carbocycles. The van der Waals surface area contributed by atoms with Crippen molar-refractivity contribution in [1.29, 1.82) is 0 Å². The molecule has 0 saturated carbocycles. The van der Waals surface area contributed by atoms with Crippen LogP contribution in [0.4, 0.5) is 17.1 Å². The van der Waals surface area contributed by atoms with Crippen LogP contribution in [0, 0.1) is 0 Å². The second kappa shape index (κ2) is 16.2. The molecule has 1 aromatic heterocycles. The predicted molar refractivity (Wildman–Crippen MR) is 295 cm³/mol. The van der Waals surface area contributed by atoms with Crippen molar-refractivity contribution < 1.29 is 18.6 Å². The van der Waals surface area contributed by atoms with Crippen LogP contribution in [-0.4, -0.2) is 41.2 Å². The van der Waals surface area contributed by atoms with Crippen LogP contribution >= 0.6 is 0 Å². The van der Waals surface area contributed by atoms with Gasteiger partial charge < -0.3 is 28.1 Å². The number of hydrogen-bond donors (Lipinski definition) is 0. The quantitative estimate of drug-likeness (QED) is 0.142. The molecule has 352 valence electrons. The number of hydrogen-bond acceptors (Lipinski definition) is 5. The van der Waals surface area contributed by atoms with Crippen molar-refractivity contribution >= 4 is 64.0 Å². The van der Waals surface area contributed by atoms with Crippen molar-refractivity contribution in [3.63, 3.8) is 0 Å². The molecule has 0 radical (unpaired) electrons. The molecule has 2 saturated heterocycles. The summed E-state index contributed by atoms with van der Waals surface area (Å²) in [5.74, 6) is 0. The molecule has 8 aromatic carbocycles. The van der Waals surface area contributed by atoms with Crippen molar-refractivity contribution in [2.75, 3.05) is 4.90 Å². The lowest BCUT2D eigenvalue weighted by Gasteiger charge is -2.32. The minimum atomic E-state index is -0.579. The zero-order chi connectivity index (χ0) is 49.2. The smallest absolute Gasteiger partial charge is 0.399 e. The highest BCUT2D eigenvalue weighted by Gasteiger charge is 2.54. The highest BCUT2D eigenvalue weighted by Crippen LogP contribution is 2.51. The Morgan fingerprint density at radius 1 is 0.366 bits per heavy atom. The zero-order valence-electron chi connectivity index (χ0n) is 42.5. The van der Waals surface area contributed by atoms with E-state index in [1.807, 2.05) is 0 Å². The first kappa shape index (κ1) is 45.5. The Morgan fingerprint density at radius 2 is 0.831 bits per heavy atom. The van der Waals surface area contributed by atoms with E-state index >= 15 is 0 Å². The maximum absolute atomic E-state index is 6.71. The standard InChI is InChI=1S/C63H60B2N2O4/c1-59(2)55-22-16-14-20-51(55)52-35-33-49(40-56(52)59)66(47-29-24-42(25-30-47)41-18-12-11-13-19-41)48-31-26-43(27-32-48)44-28-34-54-53-21-15-17-23-57(53)67(58(54)36-44)50-38-45(64-68-60(3,4)61(5,6)69-64)37-46(39-50)65-70-62(7,8)63(9,10)71-65/h11-40H,1-10H3. The van der Waals surface area contributed by atoms with Gasteiger partial charge in [0, 0.05) is 38.9 Å². The molecular weight excluding hydrogens is 870 g/mol. The lowest BCUT2D eigenvalue weighted by atomic mass is 9.71. The molecule has 0 amide bonds.